The Morgan fingerprint density at radius 1 is 0.909 bits per heavy atom. The van der Waals surface area contributed by atoms with E-state index in [0.29, 0.717) is 6.54 Å². The molecular weight excluding hydrogens is 292 g/mol. The minimum absolute atomic E-state index is 0.702. The molecule has 4 nitrogen and oxygen atoms in total. The molecule has 0 atom stereocenters. The van der Waals surface area contributed by atoms with Crippen LogP contribution in [-0.2, 0) is 19.5 Å². The van der Waals surface area contributed by atoms with Crippen molar-refractivity contribution in [2.24, 2.45) is 5.73 Å². The van der Waals surface area contributed by atoms with E-state index < -0.39 is 0 Å². The van der Waals surface area contributed by atoms with Crippen molar-refractivity contribution in [2.45, 2.75) is 19.5 Å². The van der Waals surface area contributed by atoms with Crippen LogP contribution in [0.3, 0.4) is 0 Å². The fourth-order valence-corrected chi connectivity index (χ4v) is 3.10. The Bertz CT molecular complexity index is 736. The van der Waals surface area contributed by atoms with Gasteiger partial charge in [-0.3, -0.25) is 4.90 Å². The van der Waals surface area contributed by atoms with E-state index in [2.05, 4.69) is 57.1 Å². The first-order valence-corrected chi connectivity index (χ1v) is 8.15. The van der Waals surface area contributed by atoms with Crippen LogP contribution in [0.2, 0.25) is 0 Å². The van der Waals surface area contributed by atoms with Crippen LogP contribution in [0.25, 0.3) is 11.0 Å². The maximum Gasteiger partial charge on any atom is 0.105 e. The molecule has 1 aromatic heterocycles. The fourth-order valence-electron chi connectivity index (χ4n) is 2.58. The molecule has 2 N–H and O–H groups in total. The predicted octanol–water partition coefficient (Wildman–Crippen LogP) is 2.82. The zero-order chi connectivity index (χ0) is 15.4. The van der Waals surface area contributed by atoms with E-state index in [-0.39, 0.29) is 0 Å². The summed E-state index contributed by atoms with van der Waals surface area (Å²) in [5.74, 6) is 0. The topological polar surface area (TPSA) is 55.0 Å². The van der Waals surface area contributed by atoms with Gasteiger partial charge in [0.25, 0.3) is 0 Å². The van der Waals surface area contributed by atoms with E-state index >= 15 is 0 Å². The second-order valence-corrected chi connectivity index (χ2v) is 6.14. The lowest BCUT2D eigenvalue weighted by Gasteiger charge is -2.17. The van der Waals surface area contributed by atoms with Gasteiger partial charge in [0, 0.05) is 13.1 Å². The van der Waals surface area contributed by atoms with E-state index in [9.17, 15) is 0 Å². The van der Waals surface area contributed by atoms with Crippen molar-refractivity contribution in [2.75, 3.05) is 13.6 Å². The number of fused-ring (bicyclic) bond motifs is 1. The summed E-state index contributed by atoms with van der Waals surface area (Å²) in [5, 5.41) is 0. The highest BCUT2D eigenvalue weighted by Crippen LogP contribution is 2.16. The fraction of sp³-hybridized carbons (Fsp3) is 0.294. The lowest BCUT2D eigenvalue weighted by molar-refractivity contribution is 0.319. The highest BCUT2D eigenvalue weighted by Gasteiger charge is 2.05. The first-order valence-electron chi connectivity index (χ1n) is 7.42. The van der Waals surface area contributed by atoms with E-state index in [0.717, 1.165) is 30.5 Å². The van der Waals surface area contributed by atoms with Gasteiger partial charge in [-0.2, -0.15) is 8.75 Å². The normalized spacial score (nSPS) is 11.4. The third-order valence-corrected chi connectivity index (χ3v) is 4.24. The third kappa shape index (κ3) is 3.68. The number of rotatable bonds is 6. The first kappa shape index (κ1) is 15.1. The van der Waals surface area contributed by atoms with Gasteiger partial charge < -0.3 is 5.73 Å². The van der Waals surface area contributed by atoms with E-state index in [1.807, 2.05) is 6.07 Å². The summed E-state index contributed by atoms with van der Waals surface area (Å²) in [6, 6.07) is 15.0. The smallest absolute Gasteiger partial charge is 0.105 e. The lowest BCUT2D eigenvalue weighted by atomic mass is 10.1. The lowest BCUT2D eigenvalue weighted by Crippen LogP contribution is -2.17. The molecule has 0 amide bonds. The van der Waals surface area contributed by atoms with Crippen molar-refractivity contribution in [1.29, 1.82) is 0 Å². The number of benzene rings is 2. The molecule has 0 fully saturated rings. The van der Waals surface area contributed by atoms with Crippen LogP contribution in [0.4, 0.5) is 0 Å². The summed E-state index contributed by atoms with van der Waals surface area (Å²) < 4.78 is 8.54. The zero-order valence-electron chi connectivity index (χ0n) is 12.7. The minimum atomic E-state index is 0.702. The molecule has 1 heterocycles. The van der Waals surface area contributed by atoms with Gasteiger partial charge in [0.05, 0.1) is 11.7 Å². The van der Waals surface area contributed by atoms with Crippen LogP contribution in [-0.4, -0.2) is 27.2 Å². The molecule has 114 valence electrons. The third-order valence-electron chi connectivity index (χ3n) is 3.68. The van der Waals surface area contributed by atoms with Crippen molar-refractivity contribution in [3.63, 3.8) is 0 Å². The largest absolute Gasteiger partial charge is 0.330 e. The van der Waals surface area contributed by atoms with Crippen molar-refractivity contribution in [1.82, 2.24) is 13.6 Å². The highest BCUT2D eigenvalue weighted by atomic mass is 32.1. The Morgan fingerprint density at radius 2 is 1.55 bits per heavy atom. The minimum Gasteiger partial charge on any atom is -0.330 e. The van der Waals surface area contributed by atoms with Crippen molar-refractivity contribution < 1.29 is 0 Å². The highest BCUT2D eigenvalue weighted by molar-refractivity contribution is 7.00. The Morgan fingerprint density at radius 3 is 2.32 bits per heavy atom. The van der Waals surface area contributed by atoms with E-state index in [4.69, 9.17) is 5.73 Å². The van der Waals surface area contributed by atoms with Crippen LogP contribution < -0.4 is 5.73 Å². The number of hydrogen-bond acceptors (Lipinski definition) is 5. The molecule has 0 saturated carbocycles. The molecule has 22 heavy (non-hydrogen) atoms. The molecular formula is C17H20N4S. The van der Waals surface area contributed by atoms with Crippen molar-refractivity contribution in [3.05, 3.63) is 59.2 Å². The number of nitrogens with two attached hydrogens (primary N) is 1. The molecule has 0 spiro atoms. The standard InChI is InChI=1S/C17H20N4S/c1-21(11-14-4-2-13(3-5-14)8-9-18)12-15-6-7-16-17(10-15)20-22-19-16/h2-7,10H,8-9,11-12,18H2,1H3. The molecule has 0 saturated heterocycles. The van der Waals surface area contributed by atoms with Crippen molar-refractivity contribution in [3.8, 4) is 0 Å². The van der Waals surface area contributed by atoms with Gasteiger partial charge in [-0.1, -0.05) is 30.3 Å². The van der Waals surface area contributed by atoms with Gasteiger partial charge in [-0.25, -0.2) is 0 Å². The van der Waals surface area contributed by atoms with Crippen LogP contribution in [0.5, 0.6) is 0 Å². The maximum atomic E-state index is 5.58. The van der Waals surface area contributed by atoms with E-state index in [1.54, 1.807) is 0 Å². The molecule has 2 aromatic carbocycles. The van der Waals surface area contributed by atoms with Crippen LogP contribution in [0.15, 0.2) is 42.5 Å². The molecule has 0 aliphatic rings. The van der Waals surface area contributed by atoms with Crippen molar-refractivity contribution >= 4 is 22.8 Å². The summed E-state index contributed by atoms with van der Waals surface area (Å²) in [6.07, 6.45) is 0.942. The molecule has 0 radical (unpaired) electrons. The van der Waals surface area contributed by atoms with Gasteiger partial charge in [0.1, 0.15) is 11.0 Å². The monoisotopic (exact) mass is 312 g/mol. The maximum absolute atomic E-state index is 5.58. The molecule has 0 aliphatic carbocycles. The van der Waals surface area contributed by atoms with Gasteiger partial charge in [0.15, 0.2) is 0 Å². The van der Waals surface area contributed by atoms with Gasteiger partial charge in [0.2, 0.25) is 0 Å². The second kappa shape index (κ2) is 6.96. The number of aromatic nitrogens is 2. The second-order valence-electron chi connectivity index (χ2n) is 5.61. The molecule has 3 aromatic rings. The average Bonchev–Trinajstić information content (AvgIpc) is 2.97. The van der Waals surface area contributed by atoms with Gasteiger partial charge in [-0.05, 0) is 48.8 Å². The summed E-state index contributed by atoms with van der Waals surface area (Å²) in [4.78, 5) is 2.30. The Balaban J connectivity index is 1.62. The summed E-state index contributed by atoms with van der Waals surface area (Å²) in [5.41, 5.74) is 11.4. The Kier molecular flexibility index (Phi) is 4.77. The SMILES string of the molecule is CN(Cc1ccc(CCN)cc1)Cc1ccc2nsnc2c1. The summed E-state index contributed by atoms with van der Waals surface area (Å²) in [6.45, 7) is 2.53. The van der Waals surface area contributed by atoms with Gasteiger partial charge in [-0.15, -0.1) is 0 Å². The van der Waals surface area contributed by atoms with E-state index in [1.165, 1.54) is 28.4 Å². The Hall–Kier alpha value is -1.82. The molecule has 5 heteroatoms. The van der Waals surface area contributed by atoms with Crippen LogP contribution >= 0.6 is 11.7 Å². The number of nitrogens with zero attached hydrogens (tertiary/aromatic N) is 3. The summed E-state index contributed by atoms with van der Waals surface area (Å²) in [7, 11) is 2.14. The predicted molar refractivity (Wildman–Crippen MR) is 91.8 cm³/mol. The summed E-state index contributed by atoms with van der Waals surface area (Å²) >= 11 is 1.27. The Labute approximate surface area is 134 Å². The van der Waals surface area contributed by atoms with Gasteiger partial charge >= 0.3 is 0 Å². The molecule has 0 bridgehead atoms. The molecule has 3 rings (SSSR count). The first-order chi connectivity index (χ1) is 10.7. The van der Waals surface area contributed by atoms with Crippen LogP contribution in [0, 0.1) is 0 Å². The average molecular weight is 312 g/mol. The molecule has 0 aliphatic heterocycles. The molecule has 0 unspecified atom stereocenters. The quantitative estimate of drug-likeness (QED) is 0.760. The van der Waals surface area contributed by atoms with Crippen LogP contribution in [0.1, 0.15) is 16.7 Å². The number of hydrogen-bond donors (Lipinski definition) is 1. The zero-order valence-corrected chi connectivity index (χ0v) is 13.5.